The molecule has 0 spiro atoms. The molecule has 1 aliphatic rings. The van der Waals surface area contributed by atoms with Gasteiger partial charge in [0.1, 0.15) is 6.04 Å². The predicted molar refractivity (Wildman–Crippen MR) is 86.8 cm³/mol. The zero-order valence-electron chi connectivity index (χ0n) is 13.7. The van der Waals surface area contributed by atoms with Crippen molar-refractivity contribution in [2.24, 2.45) is 0 Å². The van der Waals surface area contributed by atoms with Crippen LogP contribution < -0.4 is 5.32 Å². The van der Waals surface area contributed by atoms with Gasteiger partial charge in [-0.05, 0) is 39.7 Å². The van der Waals surface area contributed by atoms with Crippen LogP contribution in [0.1, 0.15) is 44.2 Å². The van der Waals surface area contributed by atoms with Gasteiger partial charge in [-0.2, -0.15) is 4.98 Å². The number of carbonyl (C=O) groups excluding carboxylic acids is 1. The van der Waals surface area contributed by atoms with E-state index < -0.39 is 0 Å². The van der Waals surface area contributed by atoms with E-state index in [0.29, 0.717) is 18.3 Å². The number of aryl methyl sites for hydroxylation is 1. The molecule has 0 bridgehead atoms. The van der Waals surface area contributed by atoms with Gasteiger partial charge in [-0.15, -0.1) is 0 Å². The number of hydrogen-bond donors (Lipinski definition) is 1. The standard InChI is InChI=1S/C17H22N4O2/c1-11(2)18-17(22)21-9-5-8-14(21)16-19-15(20-23-16)13-7-4-6-12(3)10-13/h4,6-7,10-11,14H,5,8-9H2,1-3H3,(H,18,22)/t14-/m0/s1. The maximum absolute atomic E-state index is 12.3. The lowest BCUT2D eigenvalue weighted by molar-refractivity contribution is 0.178. The van der Waals surface area contributed by atoms with E-state index in [9.17, 15) is 4.79 Å². The molecule has 23 heavy (non-hydrogen) atoms. The van der Waals surface area contributed by atoms with Crippen molar-refractivity contribution in [3.05, 3.63) is 35.7 Å². The summed E-state index contributed by atoms with van der Waals surface area (Å²) >= 11 is 0. The fraction of sp³-hybridized carbons (Fsp3) is 0.471. The Morgan fingerprint density at radius 3 is 3.00 bits per heavy atom. The third kappa shape index (κ3) is 3.36. The van der Waals surface area contributed by atoms with Crippen LogP contribution in [-0.2, 0) is 0 Å². The van der Waals surface area contributed by atoms with E-state index in [1.165, 1.54) is 0 Å². The van der Waals surface area contributed by atoms with Gasteiger partial charge < -0.3 is 14.7 Å². The molecule has 6 heteroatoms. The fourth-order valence-corrected chi connectivity index (χ4v) is 2.87. The number of nitrogens with zero attached hydrogens (tertiary/aromatic N) is 3. The molecule has 1 aliphatic heterocycles. The molecule has 0 radical (unpaired) electrons. The average Bonchev–Trinajstić information content (AvgIpc) is 3.15. The van der Waals surface area contributed by atoms with Crippen molar-refractivity contribution in [3.63, 3.8) is 0 Å². The Balaban J connectivity index is 1.80. The van der Waals surface area contributed by atoms with Crippen LogP contribution in [0.2, 0.25) is 0 Å². The second-order valence-corrected chi connectivity index (χ2v) is 6.28. The number of amides is 2. The molecular formula is C17H22N4O2. The molecule has 1 atom stereocenters. The molecule has 3 rings (SSSR count). The molecule has 1 aromatic heterocycles. The Kier molecular flexibility index (Phi) is 4.32. The molecule has 1 N–H and O–H groups in total. The maximum atomic E-state index is 12.3. The molecule has 0 aliphatic carbocycles. The highest BCUT2D eigenvalue weighted by Crippen LogP contribution is 2.32. The summed E-state index contributed by atoms with van der Waals surface area (Å²) in [6.07, 6.45) is 1.79. The lowest BCUT2D eigenvalue weighted by Gasteiger charge is -2.23. The summed E-state index contributed by atoms with van der Waals surface area (Å²) < 4.78 is 5.45. The van der Waals surface area contributed by atoms with Gasteiger partial charge in [-0.1, -0.05) is 28.9 Å². The van der Waals surface area contributed by atoms with Crippen LogP contribution in [0.3, 0.4) is 0 Å². The van der Waals surface area contributed by atoms with Crippen molar-refractivity contribution in [3.8, 4) is 11.4 Å². The molecular weight excluding hydrogens is 292 g/mol. The Labute approximate surface area is 135 Å². The van der Waals surface area contributed by atoms with Gasteiger partial charge in [0.25, 0.3) is 0 Å². The zero-order valence-corrected chi connectivity index (χ0v) is 13.7. The number of carbonyl (C=O) groups is 1. The second-order valence-electron chi connectivity index (χ2n) is 6.28. The van der Waals surface area contributed by atoms with Crippen LogP contribution in [0.4, 0.5) is 4.79 Å². The summed E-state index contributed by atoms with van der Waals surface area (Å²) in [5.74, 6) is 1.08. The molecule has 122 valence electrons. The fourth-order valence-electron chi connectivity index (χ4n) is 2.87. The predicted octanol–water partition coefficient (Wildman–Crippen LogP) is 3.30. The van der Waals surface area contributed by atoms with Gasteiger partial charge in [0, 0.05) is 18.2 Å². The quantitative estimate of drug-likeness (QED) is 0.943. The van der Waals surface area contributed by atoms with Crippen LogP contribution in [0.5, 0.6) is 0 Å². The number of nitrogens with one attached hydrogen (secondary N) is 1. The highest BCUT2D eigenvalue weighted by Gasteiger charge is 2.34. The Hall–Kier alpha value is -2.37. The molecule has 1 saturated heterocycles. The summed E-state index contributed by atoms with van der Waals surface area (Å²) in [7, 11) is 0. The number of hydrogen-bond acceptors (Lipinski definition) is 4. The third-order valence-electron chi connectivity index (χ3n) is 3.93. The normalized spacial score (nSPS) is 17.7. The average molecular weight is 314 g/mol. The van der Waals surface area contributed by atoms with Crippen molar-refractivity contribution in [1.82, 2.24) is 20.4 Å². The molecule has 6 nitrogen and oxygen atoms in total. The van der Waals surface area contributed by atoms with E-state index in [0.717, 1.165) is 24.0 Å². The number of urea groups is 1. The topological polar surface area (TPSA) is 71.3 Å². The van der Waals surface area contributed by atoms with Gasteiger partial charge in [0.2, 0.25) is 11.7 Å². The van der Waals surface area contributed by atoms with Gasteiger partial charge in [0.15, 0.2) is 0 Å². The van der Waals surface area contributed by atoms with E-state index in [1.807, 2.05) is 45.0 Å². The van der Waals surface area contributed by atoms with Crippen LogP contribution in [0.25, 0.3) is 11.4 Å². The third-order valence-corrected chi connectivity index (χ3v) is 3.93. The minimum absolute atomic E-state index is 0.0715. The van der Waals surface area contributed by atoms with Gasteiger partial charge in [0.05, 0.1) is 0 Å². The van der Waals surface area contributed by atoms with E-state index in [-0.39, 0.29) is 18.1 Å². The monoisotopic (exact) mass is 314 g/mol. The van der Waals surface area contributed by atoms with Crippen molar-refractivity contribution in [1.29, 1.82) is 0 Å². The summed E-state index contributed by atoms with van der Waals surface area (Å²) in [6, 6.07) is 7.87. The highest BCUT2D eigenvalue weighted by atomic mass is 16.5. The minimum atomic E-state index is -0.139. The first kappa shape index (κ1) is 15.5. The van der Waals surface area contributed by atoms with Crippen LogP contribution in [-0.4, -0.2) is 33.7 Å². The van der Waals surface area contributed by atoms with Crippen LogP contribution >= 0.6 is 0 Å². The van der Waals surface area contributed by atoms with Crippen LogP contribution in [0, 0.1) is 6.92 Å². The number of rotatable bonds is 3. The van der Waals surface area contributed by atoms with Crippen molar-refractivity contribution in [2.45, 2.75) is 45.7 Å². The highest BCUT2D eigenvalue weighted by molar-refractivity contribution is 5.75. The first-order valence-corrected chi connectivity index (χ1v) is 8.02. The maximum Gasteiger partial charge on any atom is 0.318 e. The SMILES string of the molecule is Cc1cccc(-c2noc([C@@H]3CCCN3C(=O)NC(C)C)n2)c1. The molecule has 0 unspecified atom stereocenters. The van der Waals surface area contributed by atoms with Crippen molar-refractivity contribution >= 4 is 6.03 Å². The Bertz CT molecular complexity index is 695. The minimum Gasteiger partial charge on any atom is -0.337 e. The smallest absolute Gasteiger partial charge is 0.318 e. The summed E-state index contributed by atoms with van der Waals surface area (Å²) in [4.78, 5) is 18.6. The summed E-state index contributed by atoms with van der Waals surface area (Å²) in [5.41, 5.74) is 2.07. The van der Waals surface area contributed by atoms with E-state index in [4.69, 9.17) is 4.52 Å². The molecule has 1 fully saturated rings. The van der Waals surface area contributed by atoms with E-state index in [1.54, 1.807) is 4.90 Å². The molecule has 0 saturated carbocycles. The van der Waals surface area contributed by atoms with E-state index >= 15 is 0 Å². The van der Waals surface area contributed by atoms with Crippen LogP contribution in [0.15, 0.2) is 28.8 Å². The summed E-state index contributed by atoms with van der Waals surface area (Å²) in [6.45, 7) is 6.64. The molecule has 1 aromatic carbocycles. The zero-order chi connectivity index (χ0) is 16.4. The molecule has 2 heterocycles. The van der Waals surface area contributed by atoms with Gasteiger partial charge >= 0.3 is 6.03 Å². The van der Waals surface area contributed by atoms with E-state index in [2.05, 4.69) is 15.5 Å². The first-order valence-electron chi connectivity index (χ1n) is 8.02. The second kappa shape index (κ2) is 6.40. The van der Waals surface area contributed by atoms with Crippen molar-refractivity contribution in [2.75, 3.05) is 6.54 Å². The lowest BCUT2D eigenvalue weighted by atomic mass is 10.1. The van der Waals surface area contributed by atoms with Crippen molar-refractivity contribution < 1.29 is 9.32 Å². The van der Waals surface area contributed by atoms with Gasteiger partial charge in [-0.25, -0.2) is 4.79 Å². The molecule has 2 amide bonds. The lowest BCUT2D eigenvalue weighted by Crippen LogP contribution is -2.42. The summed E-state index contributed by atoms with van der Waals surface area (Å²) in [5, 5.41) is 7.01. The largest absolute Gasteiger partial charge is 0.337 e. The Morgan fingerprint density at radius 2 is 2.26 bits per heavy atom. The van der Waals surface area contributed by atoms with Gasteiger partial charge in [-0.3, -0.25) is 0 Å². The Morgan fingerprint density at radius 1 is 1.43 bits per heavy atom. The number of benzene rings is 1. The first-order chi connectivity index (χ1) is 11.0. The number of likely N-dealkylation sites (tertiary alicyclic amines) is 1. The number of aromatic nitrogens is 2. The molecule has 2 aromatic rings.